The summed E-state index contributed by atoms with van der Waals surface area (Å²) in [4.78, 5) is 4.11. The molecule has 0 fully saturated rings. The Hall–Kier alpha value is -2.46. The number of imidazole rings is 1. The molecule has 0 saturated carbocycles. The fourth-order valence-electron chi connectivity index (χ4n) is 2.78. The van der Waals surface area contributed by atoms with Crippen molar-refractivity contribution in [3.63, 3.8) is 0 Å². The molecule has 0 aliphatic heterocycles. The molecule has 0 bridgehead atoms. The molecule has 0 aliphatic carbocycles. The molecule has 0 spiro atoms. The average Bonchev–Trinajstić information content (AvgIpc) is 3.16. The van der Waals surface area contributed by atoms with Gasteiger partial charge in [0.25, 0.3) is 0 Å². The summed E-state index contributed by atoms with van der Waals surface area (Å²) in [7, 11) is 0. The molecular weight excluding hydrogens is 348 g/mol. The summed E-state index contributed by atoms with van der Waals surface area (Å²) in [6.07, 6.45) is 7.31. The predicted molar refractivity (Wildman–Crippen MR) is 104 cm³/mol. The van der Waals surface area contributed by atoms with Crippen molar-refractivity contribution in [2.75, 3.05) is 6.61 Å². The van der Waals surface area contributed by atoms with Crippen LogP contribution in [0, 0.1) is 0 Å². The van der Waals surface area contributed by atoms with Gasteiger partial charge in [-0.15, -0.1) is 0 Å². The molecule has 136 valence electrons. The molecule has 3 rings (SSSR count). The van der Waals surface area contributed by atoms with E-state index in [-0.39, 0.29) is 6.10 Å². The zero-order valence-corrected chi connectivity index (χ0v) is 15.6. The van der Waals surface area contributed by atoms with Crippen molar-refractivity contribution in [3.8, 4) is 11.5 Å². The van der Waals surface area contributed by atoms with Gasteiger partial charge in [0.2, 0.25) is 0 Å². The van der Waals surface area contributed by atoms with Crippen molar-refractivity contribution < 1.29 is 9.47 Å². The normalized spacial score (nSPS) is 11.9. The minimum atomic E-state index is -0.00401. The lowest BCUT2D eigenvalue weighted by Gasteiger charge is -2.20. The van der Waals surface area contributed by atoms with Gasteiger partial charge < -0.3 is 14.0 Å². The van der Waals surface area contributed by atoms with Gasteiger partial charge in [-0.1, -0.05) is 35.9 Å². The highest BCUT2D eigenvalue weighted by Gasteiger charge is 2.14. The molecule has 1 unspecified atom stereocenters. The third kappa shape index (κ3) is 5.27. The van der Waals surface area contributed by atoms with Crippen LogP contribution in [0.25, 0.3) is 0 Å². The summed E-state index contributed by atoms with van der Waals surface area (Å²) in [6.45, 7) is 3.39. The fraction of sp³-hybridized carbons (Fsp3) is 0.286. The highest BCUT2D eigenvalue weighted by Crippen LogP contribution is 2.26. The zero-order valence-electron chi connectivity index (χ0n) is 14.8. The second-order valence-corrected chi connectivity index (χ2v) is 6.45. The van der Waals surface area contributed by atoms with Crippen molar-refractivity contribution in [1.82, 2.24) is 9.55 Å². The molecular formula is C21H23ClN2O2. The van der Waals surface area contributed by atoms with Crippen LogP contribution in [0.2, 0.25) is 5.02 Å². The van der Waals surface area contributed by atoms with Crippen LogP contribution < -0.4 is 9.47 Å². The quantitative estimate of drug-likeness (QED) is 0.531. The number of rotatable bonds is 9. The van der Waals surface area contributed by atoms with Gasteiger partial charge in [-0.3, -0.25) is 0 Å². The lowest BCUT2D eigenvalue weighted by Crippen LogP contribution is -2.23. The van der Waals surface area contributed by atoms with E-state index < -0.39 is 0 Å². The third-order valence-electron chi connectivity index (χ3n) is 4.09. The maximum Gasteiger partial charge on any atom is 0.138 e. The number of hydrogen-bond acceptors (Lipinski definition) is 3. The van der Waals surface area contributed by atoms with E-state index in [1.807, 2.05) is 54.1 Å². The average molecular weight is 371 g/mol. The van der Waals surface area contributed by atoms with Gasteiger partial charge in [-0.05, 0) is 49.6 Å². The van der Waals surface area contributed by atoms with Gasteiger partial charge in [0, 0.05) is 12.4 Å². The molecule has 1 heterocycles. The van der Waals surface area contributed by atoms with Gasteiger partial charge in [0.05, 0.1) is 24.5 Å². The van der Waals surface area contributed by atoms with Crippen LogP contribution in [0.5, 0.6) is 11.5 Å². The van der Waals surface area contributed by atoms with E-state index in [2.05, 4.69) is 17.1 Å². The van der Waals surface area contributed by atoms with E-state index in [0.717, 1.165) is 25.1 Å². The predicted octanol–water partition coefficient (Wildman–Crippen LogP) is 5.02. The van der Waals surface area contributed by atoms with E-state index in [1.165, 1.54) is 5.56 Å². The fourth-order valence-corrected chi connectivity index (χ4v) is 2.96. The van der Waals surface area contributed by atoms with E-state index in [4.69, 9.17) is 21.1 Å². The van der Waals surface area contributed by atoms with Crippen molar-refractivity contribution in [3.05, 3.63) is 77.8 Å². The highest BCUT2D eigenvalue weighted by atomic mass is 35.5. The van der Waals surface area contributed by atoms with Crippen LogP contribution in [-0.2, 0) is 13.0 Å². The summed E-state index contributed by atoms with van der Waals surface area (Å²) in [5, 5.41) is 0.629. The molecule has 1 aromatic heterocycles. The molecule has 26 heavy (non-hydrogen) atoms. The monoisotopic (exact) mass is 370 g/mol. The second kappa shape index (κ2) is 9.30. The van der Waals surface area contributed by atoms with Gasteiger partial charge >= 0.3 is 0 Å². The number of aryl methyl sites for hydroxylation is 1. The Morgan fingerprint density at radius 2 is 1.92 bits per heavy atom. The lowest BCUT2D eigenvalue weighted by molar-refractivity contribution is 0.170. The lowest BCUT2D eigenvalue weighted by atomic mass is 10.1. The van der Waals surface area contributed by atoms with Crippen molar-refractivity contribution >= 4 is 11.6 Å². The van der Waals surface area contributed by atoms with E-state index in [0.29, 0.717) is 17.4 Å². The first-order chi connectivity index (χ1) is 12.7. The Kier molecular flexibility index (Phi) is 6.56. The maximum atomic E-state index is 6.26. The summed E-state index contributed by atoms with van der Waals surface area (Å²) in [5.41, 5.74) is 1.26. The Bertz CT molecular complexity index is 788. The Labute approximate surface area is 159 Å². The first-order valence-electron chi connectivity index (χ1n) is 8.83. The van der Waals surface area contributed by atoms with Gasteiger partial charge in [-0.25, -0.2) is 4.98 Å². The van der Waals surface area contributed by atoms with Gasteiger partial charge in [0.1, 0.15) is 17.6 Å². The first kappa shape index (κ1) is 18.3. The smallest absolute Gasteiger partial charge is 0.138 e. The number of para-hydroxylation sites is 1. The number of ether oxygens (including phenoxy) is 2. The molecule has 0 radical (unpaired) electrons. The molecule has 3 aromatic rings. The number of aromatic nitrogens is 2. The molecule has 1 atom stereocenters. The number of hydrogen-bond donors (Lipinski definition) is 0. The van der Waals surface area contributed by atoms with Gasteiger partial charge in [-0.2, -0.15) is 0 Å². The number of benzene rings is 2. The summed E-state index contributed by atoms with van der Waals surface area (Å²) in [5.74, 6) is 1.62. The van der Waals surface area contributed by atoms with Crippen LogP contribution in [0.1, 0.15) is 18.9 Å². The Morgan fingerprint density at radius 3 is 2.62 bits per heavy atom. The summed E-state index contributed by atoms with van der Waals surface area (Å²) >= 11 is 6.26. The molecule has 5 heteroatoms. The minimum Gasteiger partial charge on any atom is -0.494 e. The van der Waals surface area contributed by atoms with Crippen molar-refractivity contribution in [2.45, 2.75) is 32.4 Å². The van der Waals surface area contributed by atoms with Crippen molar-refractivity contribution in [1.29, 1.82) is 0 Å². The van der Waals surface area contributed by atoms with Gasteiger partial charge in [0.15, 0.2) is 0 Å². The topological polar surface area (TPSA) is 36.3 Å². The van der Waals surface area contributed by atoms with E-state index in [9.17, 15) is 0 Å². The zero-order chi connectivity index (χ0) is 18.2. The largest absolute Gasteiger partial charge is 0.494 e. The molecule has 0 amide bonds. The summed E-state index contributed by atoms with van der Waals surface area (Å²) < 4.78 is 13.7. The van der Waals surface area contributed by atoms with Crippen LogP contribution in [0.4, 0.5) is 0 Å². The minimum absolute atomic E-state index is 0.00401. The maximum absolute atomic E-state index is 6.26. The summed E-state index contributed by atoms with van der Waals surface area (Å²) in [6, 6.07) is 15.8. The number of nitrogens with zero attached hydrogens (tertiary/aromatic N) is 2. The molecule has 0 saturated heterocycles. The van der Waals surface area contributed by atoms with Crippen LogP contribution in [-0.4, -0.2) is 22.3 Å². The van der Waals surface area contributed by atoms with E-state index in [1.54, 1.807) is 12.5 Å². The van der Waals surface area contributed by atoms with E-state index >= 15 is 0 Å². The Morgan fingerprint density at radius 1 is 1.12 bits per heavy atom. The van der Waals surface area contributed by atoms with Crippen LogP contribution in [0.3, 0.4) is 0 Å². The third-order valence-corrected chi connectivity index (χ3v) is 4.41. The first-order valence-corrected chi connectivity index (χ1v) is 9.21. The van der Waals surface area contributed by atoms with Crippen molar-refractivity contribution in [2.24, 2.45) is 0 Å². The molecule has 0 N–H and O–H groups in total. The molecule has 4 nitrogen and oxygen atoms in total. The second-order valence-electron chi connectivity index (χ2n) is 6.05. The Balaban J connectivity index is 1.65. The van der Waals surface area contributed by atoms with Crippen LogP contribution >= 0.6 is 11.6 Å². The highest BCUT2D eigenvalue weighted by molar-refractivity contribution is 6.32. The SMILES string of the molecule is CCOc1ccc(CCC(Cn2ccnc2)Oc2ccccc2Cl)cc1. The molecule has 2 aromatic carbocycles. The van der Waals surface area contributed by atoms with Crippen LogP contribution in [0.15, 0.2) is 67.3 Å². The molecule has 0 aliphatic rings. The number of halogens is 1. The standard InChI is InChI=1S/C21H23ClN2O2/c1-2-25-18-10-7-17(8-11-18)9-12-19(15-24-14-13-23-16-24)26-21-6-4-3-5-20(21)22/h3-8,10-11,13-14,16,19H,2,9,12,15H2,1H3.